The number of likely N-dealkylation sites (N-methyl/N-ethyl adjacent to an activating group) is 3. The minimum atomic E-state index is -4.52. The SMILES string of the molecule is Cc1cc(C(F)(F)F)ccc1-c1nnc(N[C@@H]2CCCN(C)C2)c2[nH]c(Oc3cc(F)ccc3-c3nnc(N[C@@H]4CCCN(C)C4)c4cc(Oc5ccccc5-c5nnc(N[C@@H]6CCCN(C)C6)c6cc[nH]c56)[nH]c34)cc12. The van der Waals surface area contributed by atoms with Gasteiger partial charge in [-0.25, -0.2) is 4.39 Å². The van der Waals surface area contributed by atoms with Gasteiger partial charge in [-0.15, -0.1) is 30.6 Å². The number of para-hydroxylation sites is 1. The fraction of sp³-hybridized carbons (Fsp3) is 0.357. The summed E-state index contributed by atoms with van der Waals surface area (Å²) < 4.78 is 70.5. The number of halogens is 4. The van der Waals surface area contributed by atoms with Crippen molar-refractivity contribution >= 4 is 50.2 Å². The lowest BCUT2D eigenvalue weighted by Gasteiger charge is -2.30. The van der Waals surface area contributed by atoms with Crippen molar-refractivity contribution in [3.8, 4) is 57.0 Å². The van der Waals surface area contributed by atoms with Crippen molar-refractivity contribution in [2.45, 2.75) is 69.8 Å². The Bertz CT molecular complexity index is 3630. The van der Waals surface area contributed by atoms with Crippen LogP contribution in [0.25, 0.3) is 66.5 Å². The molecule has 17 nitrogen and oxygen atoms in total. The van der Waals surface area contributed by atoms with Crippen molar-refractivity contribution in [2.24, 2.45) is 0 Å². The fourth-order valence-electron chi connectivity index (χ4n) is 11.3. The Morgan fingerprint density at radius 2 is 1.09 bits per heavy atom. The first-order valence-corrected chi connectivity index (χ1v) is 26.2. The highest BCUT2D eigenvalue weighted by Gasteiger charge is 2.32. The number of nitrogens with one attached hydrogen (secondary N) is 6. The number of H-pyrrole nitrogens is 3. The van der Waals surface area contributed by atoms with E-state index in [9.17, 15) is 13.2 Å². The van der Waals surface area contributed by atoms with Gasteiger partial charge in [-0.3, -0.25) is 0 Å². The number of piperidine rings is 3. The molecule has 12 rings (SSSR count). The molecule has 0 saturated carbocycles. The second kappa shape index (κ2) is 20.6. The van der Waals surface area contributed by atoms with Crippen LogP contribution in [0.15, 0.2) is 85.1 Å². The molecule has 6 aromatic heterocycles. The van der Waals surface area contributed by atoms with Gasteiger partial charge in [-0.05, 0) is 134 Å². The summed E-state index contributed by atoms with van der Waals surface area (Å²) in [6, 6.07) is 21.4. The second-order valence-corrected chi connectivity index (χ2v) is 20.9. The third-order valence-electron chi connectivity index (χ3n) is 15.0. The number of alkyl halides is 3. The van der Waals surface area contributed by atoms with E-state index in [-0.39, 0.29) is 29.8 Å². The third-order valence-corrected chi connectivity index (χ3v) is 15.0. The van der Waals surface area contributed by atoms with E-state index >= 15 is 4.39 Å². The molecule has 3 fully saturated rings. The van der Waals surface area contributed by atoms with E-state index in [4.69, 9.17) is 29.9 Å². The van der Waals surface area contributed by atoms with E-state index in [0.29, 0.717) is 84.4 Å². The summed E-state index contributed by atoms with van der Waals surface area (Å²) in [7, 11) is 6.30. The first-order chi connectivity index (χ1) is 37.3. The van der Waals surface area contributed by atoms with E-state index in [1.165, 1.54) is 18.2 Å². The van der Waals surface area contributed by atoms with Crippen LogP contribution < -0.4 is 25.4 Å². The second-order valence-electron chi connectivity index (χ2n) is 20.9. The van der Waals surface area contributed by atoms with Crippen molar-refractivity contribution in [1.82, 2.24) is 60.2 Å². The number of aromatic nitrogens is 9. The van der Waals surface area contributed by atoms with Gasteiger partial charge in [0.2, 0.25) is 0 Å². The maximum Gasteiger partial charge on any atom is 0.416 e. The van der Waals surface area contributed by atoms with Gasteiger partial charge in [0.25, 0.3) is 0 Å². The summed E-state index contributed by atoms with van der Waals surface area (Å²) in [5, 5.41) is 41.3. The van der Waals surface area contributed by atoms with Gasteiger partial charge in [0.15, 0.2) is 29.2 Å². The summed E-state index contributed by atoms with van der Waals surface area (Å²) >= 11 is 0. The third kappa shape index (κ3) is 10.3. The van der Waals surface area contributed by atoms with Gasteiger partial charge < -0.3 is 55.1 Å². The molecule has 3 aliphatic rings. The van der Waals surface area contributed by atoms with Crippen LogP contribution in [0.1, 0.15) is 49.7 Å². The molecule has 3 saturated heterocycles. The predicted molar refractivity (Wildman–Crippen MR) is 290 cm³/mol. The topological polar surface area (TPSA) is 189 Å². The Labute approximate surface area is 441 Å². The van der Waals surface area contributed by atoms with Crippen LogP contribution >= 0.6 is 0 Å². The maximum atomic E-state index is 15.6. The lowest BCUT2D eigenvalue weighted by molar-refractivity contribution is -0.137. The highest BCUT2D eigenvalue weighted by atomic mass is 19.4. The Kier molecular flexibility index (Phi) is 13.4. The number of hydrogen-bond donors (Lipinski definition) is 6. The standard InChI is InChI=1S/C56H59F4N15O2/c1-31-24-32(56(58,59)60)15-17-37(31)47-41-26-45(66-52(41)55(72-67-47)64-36-12-9-23-75(4)30-36)77-44-25-33(57)16-18-39(44)51-49-42(54(71-69-51)63-35-11-8-22-74(3)29-35)27-46(65-49)76-43-14-6-5-13-38(43)50-48-40(19-20-61-48)53(70-68-50)62-34-10-7-21-73(2)28-34/h5-6,13-20,24-27,34-36,61,65-66H,7-12,21-23,28-30H2,1-4H3,(H,62,70)(H,63,71)(H,64,72)/t34-,35-,36-/m1/s1. The van der Waals surface area contributed by atoms with Crippen molar-refractivity contribution in [3.63, 3.8) is 0 Å². The van der Waals surface area contributed by atoms with Crippen molar-refractivity contribution in [3.05, 3.63) is 102 Å². The molecule has 3 atom stereocenters. The molecule has 0 spiro atoms. The monoisotopic (exact) mass is 1050 g/mol. The number of fused-ring (bicyclic) bond motifs is 3. The molecule has 3 aliphatic heterocycles. The average molecular weight is 1050 g/mol. The lowest BCUT2D eigenvalue weighted by atomic mass is 10.00. The summed E-state index contributed by atoms with van der Waals surface area (Å²) in [4.78, 5) is 17.1. The molecule has 21 heteroatoms. The first-order valence-electron chi connectivity index (χ1n) is 26.2. The molecule has 77 heavy (non-hydrogen) atoms. The number of ether oxygens (including phenoxy) is 2. The average Bonchev–Trinajstić information content (AvgIpc) is 4.26. The molecule has 0 amide bonds. The molecule has 9 aromatic rings. The van der Waals surface area contributed by atoms with E-state index in [0.717, 1.165) is 107 Å². The number of aromatic amines is 3. The van der Waals surface area contributed by atoms with Gasteiger partial charge in [0.1, 0.15) is 34.4 Å². The lowest BCUT2D eigenvalue weighted by Crippen LogP contribution is -2.40. The molecular weight excluding hydrogens is 991 g/mol. The summed E-state index contributed by atoms with van der Waals surface area (Å²) in [6.07, 6.45) is 3.37. The van der Waals surface area contributed by atoms with Crippen LogP contribution in [-0.4, -0.2) is 139 Å². The van der Waals surface area contributed by atoms with Crippen LogP contribution in [0, 0.1) is 12.7 Å². The zero-order valence-corrected chi connectivity index (χ0v) is 43.2. The summed E-state index contributed by atoms with van der Waals surface area (Å²) in [6.45, 7) is 7.16. The molecule has 3 aromatic carbocycles. The molecule has 6 N–H and O–H groups in total. The van der Waals surface area contributed by atoms with Gasteiger partial charge in [0.05, 0.1) is 22.1 Å². The van der Waals surface area contributed by atoms with Gasteiger partial charge >= 0.3 is 6.18 Å². The largest absolute Gasteiger partial charge is 0.440 e. The molecule has 9 heterocycles. The predicted octanol–water partition coefficient (Wildman–Crippen LogP) is 11.1. The van der Waals surface area contributed by atoms with Crippen molar-refractivity contribution < 1.29 is 27.0 Å². The molecule has 398 valence electrons. The first kappa shape index (κ1) is 50.0. The highest BCUT2D eigenvalue weighted by Crippen LogP contribution is 2.44. The molecule has 0 aliphatic carbocycles. The van der Waals surface area contributed by atoms with Crippen molar-refractivity contribution in [2.75, 3.05) is 76.4 Å². The number of rotatable bonds is 13. The fourth-order valence-corrected chi connectivity index (χ4v) is 11.3. The smallest absolute Gasteiger partial charge is 0.416 e. The number of anilines is 3. The van der Waals surface area contributed by atoms with E-state index in [1.54, 1.807) is 19.1 Å². The number of nitrogens with zero attached hydrogens (tertiary/aromatic N) is 9. The van der Waals surface area contributed by atoms with E-state index < -0.39 is 17.6 Å². The number of likely N-dealkylation sites (tertiary alicyclic amines) is 3. The van der Waals surface area contributed by atoms with Crippen LogP contribution in [-0.2, 0) is 6.18 Å². The zero-order chi connectivity index (χ0) is 53.0. The maximum absolute atomic E-state index is 15.6. The molecular formula is C56H59F4N15O2. The number of aryl methyl sites for hydroxylation is 1. The van der Waals surface area contributed by atoms with Crippen LogP contribution in [0.5, 0.6) is 23.3 Å². The normalized spacial score (nSPS) is 19.0. The number of hydrogen-bond acceptors (Lipinski definition) is 14. The van der Waals surface area contributed by atoms with E-state index in [2.05, 4.69) is 76.9 Å². The Hall–Kier alpha value is -7.88. The summed E-state index contributed by atoms with van der Waals surface area (Å²) in [5.74, 6) is 2.39. The Morgan fingerprint density at radius 3 is 1.74 bits per heavy atom. The highest BCUT2D eigenvalue weighted by molar-refractivity contribution is 6.02. The summed E-state index contributed by atoms with van der Waals surface area (Å²) in [5.41, 5.74) is 4.43. The zero-order valence-electron chi connectivity index (χ0n) is 43.2. The van der Waals surface area contributed by atoms with Gasteiger partial charge in [-0.1, -0.05) is 18.2 Å². The van der Waals surface area contributed by atoms with Crippen LogP contribution in [0.3, 0.4) is 0 Å². The quantitative estimate of drug-likeness (QED) is 0.0598. The Balaban J connectivity index is 0.922. The van der Waals surface area contributed by atoms with E-state index in [1.807, 2.05) is 42.6 Å². The molecule has 0 bridgehead atoms. The van der Waals surface area contributed by atoms with Crippen LogP contribution in [0.4, 0.5) is 35.0 Å². The molecule has 0 unspecified atom stereocenters. The minimum absolute atomic E-state index is 0.0550. The Morgan fingerprint density at radius 1 is 0.545 bits per heavy atom. The van der Waals surface area contributed by atoms with Crippen molar-refractivity contribution in [1.29, 1.82) is 0 Å². The van der Waals surface area contributed by atoms with Gasteiger partial charge in [0, 0.05) is 95.0 Å². The number of benzene rings is 3. The van der Waals surface area contributed by atoms with Crippen LogP contribution in [0.2, 0.25) is 0 Å². The minimum Gasteiger partial charge on any atom is -0.440 e. The molecule has 0 radical (unpaired) electrons. The van der Waals surface area contributed by atoms with Gasteiger partial charge in [-0.2, -0.15) is 13.2 Å².